The molecule has 1 amide bonds. The second-order valence-electron chi connectivity index (χ2n) is 5.81. The Labute approximate surface area is 147 Å². The van der Waals surface area contributed by atoms with Gasteiger partial charge in [-0.15, -0.1) is 0 Å². The van der Waals surface area contributed by atoms with Gasteiger partial charge < -0.3 is 15.2 Å². The highest BCUT2D eigenvalue weighted by molar-refractivity contribution is 7.86. The highest BCUT2D eigenvalue weighted by atomic mass is 32.2. The standard InChI is InChI=1S/C14H25N3O7S/c1-10(13(19)20)17(9-6-15-11(2)18)25(22,23)16-7-4-12(5-8-16)14(21)24-3/h10,12H,4-9H2,1-3H3,(H,15,18)(H,19,20). The summed E-state index contributed by atoms with van der Waals surface area (Å²) < 4.78 is 32.3. The monoisotopic (exact) mass is 379 g/mol. The molecule has 0 bridgehead atoms. The van der Waals surface area contributed by atoms with Gasteiger partial charge in [-0.05, 0) is 19.8 Å². The SMILES string of the molecule is COC(=O)C1CCN(S(=O)(=O)N(CCNC(C)=O)C(C)C(=O)O)CC1. The summed E-state index contributed by atoms with van der Waals surface area (Å²) in [4.78, 5) is 33.8. The van der Waals surface area contributed by atoms with E-state index in [-0.39, 0.29) is 44.0 Å². The molecule has 1 atom stereocenters. The van der Waals surface area contributed by atoms with E-state index in [1.54, 1.807) is 0 Å². The predicted molar refractivity (Wildman–Crippen MR) is 87.7 cm³/mol. The Hall–Kier alpha value is -1.72. The lowest BCUT2D eigenvalue weighted by molar-refractivity contribution is -0.146. The van der Waals surface area contributed by atoms with E-state index < -0.39 is 22.2 Å². The number of carboxylic acids is 1. The molecule has 0 spiro atoms. The highest BCUT2D eigenvalue weighted by Crippen LogP contribution is 2.23. The molecule has 1 heterocycles. The van der Waals surface area contributed by atoms with Crippen LogP contribution in [-0.2, 0) is 29.3 Å². The lowest BCUT2D eigenvalue weighted by atomic mass is 9.99. The van der Waals surface area contributed by atoms with Crippen molar-refractivity contribution in [3.05, 3.63) is 0 Å². The van der Waals surface area contributed by atoms with Gasteiger partial charge in [-0.25, -0.2) is 0 Å². The van der Waals surface area contributed by atoms with Crippen LogP contribution < -0.4 is 5.32 Å². The van der Waals surface area contributed by atoms with Crippen LogP contribution >= 0.6 is 0 Å². The highest BCUT2D eigenvalue weighted by Gasteiger charge is 2.38. The van der Waals surface area contributed by atoms with Crippen molar-refractivity contribution in [2.24, 2.45) is 5.92 Å². The number of hydrogen-bond acceptors (Lipinski definition) is 6. The molecule has 0 aromatic carbocycles. The molecule has 0 aromatic rings. The summed E-state index contributed by atoms with van der Waals surface area (Å²) in [7, 11) is -2.76. The van der Waals surface area contributed by atoms with Crippen molar-refractivity contribution < 1.29 is 32.6 Å². The maximum absolute atomic E-state index is 12.8. The Bertz CT molecular complexity index is 600. The smallest absolute Gasteiger partial charge is 0.321 e. The van der Waals surface area contributed by atoms with Crippen LogP contribution in [-0.4, -0.2) is 79.3 Å². The van der Waals surface area contributed by atoms with Crippen molar-refractivity contribution in [3.8, 4) is 0 Å². The number of carbonyl (C=O) groups is 3. The summed E-state index contributed by atoms with van der Waals surface area (Å²) in [5, 5.41) is 11.7. The molecule has 1 unspecified atom stereocenters. The van der Waals surface area contributed by atoms with Crippen molar-refractivity contribution >= 4 is 28.1 Å². The largest absolute Gasteiger partial charge is 0.480 e. The number of carbonyl (C=O) groups excluding carboxylic acids is 2. The fourth-order valence-corrected chi connectivity index (χ4v) is 4.39. The molecule has 0 saturated carbocycles. The number of nitrogens with zero attached hydrogens (tertiary/aromatic N) is 2. The lowest BCUT2D eigenvalue weighted by Crippen LogP contribution is -2.54. The van der Waals surface area contributed by atoms with Gasteiger partial charge in [0, 0.05) is 33.1 Å². The van der Waals surface area contributed by atoms with Gasteiger partial charge in [0.05, 0.1) is 13.0 Å². The first-order valence-electron chi connectivity index (χ1n) is 7.93. The normalized spacial score (nSPS) is 17.9. The molecule has 10 nitrogen and oxygen atoms in total. The number of methoxy groups -OCH3 is 1. The first-order chi connectivity index (χ1) is 11.6. The van der Waals surface area contributed by atoms with Crippen LogP contribution in [0.4, 0.5) is 0 Å². The molecule has 1 rings (SSSR count). The van der Waals surface area contributed by atoms with Crippen LogP contribution in [0, 0.1) is 5.92 Å². The zero-order valence-corrected chi connectivity index (χ0v) is 15.4. The predicted octanol–water partition coefficient (Wildman–Crippen LogP) is -0.973. The van der Waals surface area contributed by atoms with Gasteiger partial charge in [-0.1, -0.05) is 0 Å². The quantitative estimate of drug-likeness (QED) is 0.518. The van der Waals surface area contributed by atoms with Crippen molar-refractivity contribution in [1.29, 1.82) is 0 Å². The van der Waals surface area contributed by atoms with Gasteiger partial charge in [-0.3, -0.25) is 14.4 Å². The second kappa shape index (κ2) is 9.11. The minimum Gasteiger partial charge on any atom is -0.480 e. The van der Waals surface area contributed by atoms with E-state index in [1.807, 2.05) is 0 Å². The molecule has 144 valence electrons. The number of ether oxygens (including phenoxy) is 1. The van der Waals surface area contributed by atoms with Crippen LogP contribution in [0.15, 0.2) is 0 Å². The van der Waals surface area contributed by atoms with Crippen molar-refractivity contribution in [1.82, 2.24) is 13.9 Å². The molecule has 0 aromatic heterocycles. The number of carboxylic acid groups (broad SMARTS) is 1. The van der Waals surface area contributed by atoms with E-state index in [4.69, 9.17) is 0 Å². The number of amides is 1. The number of piperidine rings is 1. The third-order valence-corrected chi connectivity index (χ3v) is 6.22. The summed E-state index contributed by atoms with van der Waals surface area (Å²) in [6.07, 6.45) is 0.625. The maximum Gasteiger partial charge on any atom is 0.321 e. The number of nitrogens with one attached hydrogen (secondary N) is 1. The summed E-state index contributed by atoms with van der Waals surface area (Å²) >= 11 is 0. The van der Waals surface area contributed by atoms with Gasteiger partial charge in [0.1, 0.15) is 6.04 Å². The van der Waals surface area contributed by atoms with E-state index in [2.05, 4.69) is 10.1 Å². The third-order valence-electron chi connectivity index (χ3n) is 4.11. The average Bonchev–Trinajstić information content (AvgIpc) is 2.57. The summed E-state index contributed by atoms with van der Waals surface area (Å²) in [5.41, 5.74) is 0. The van der Waals surface area contributed by atoms with E-state index in [1.165, 1.54) is 25.3 Å². The molecular weight excluding hydrogens is 354 g/mol. The third kappa shape index (κ3) is 5.65. The van der Waals surface area contributed by atoms with Crippen molar-refractivity contribution in [3.63, 3.8) is 0 Å². The Kier molecular flexibility index (Phi) is 7.77. The van der Waals surface area contributed by atoms with Gasteiger partial charge in [0.25, 0.3) is 10.2 Å². The molecule has 1 aliphatic rings. The van der Waals surface area contributed by atoms with Gasteiger partial charge in [-0.2, -0.15) is 17.0 Å². The fraction of sp³-hybridized carbons (Fsp3) is 0.786. The van der Waals surface area contributed by atoms with Crippen molar-refractivity contribution in [2.45, 2.75) is 32.7 Å². The second-order valence-corrected chi connectivity index (χ2v) is 7.69. The maximum atomic E-state index is 12.8. The number of hydrogen-bond donors (Lipinski definition) is 2. The topological polar surface area (TPSA) is 133 Å². The van der Waals surface area contributed by atoms with E-state index >= 15 is 0 Å². The fourth-order valence-electron chi connectivity index (χ4n) is 2.61. The van der Waals surface area contributed by atoms with Crippen LogP contribution in [0.3, 0.4) is 0 Å². The number of esters is 1. The van der Waals surface area contributed by atoms with Crippen LogP contribution in [0.25, 0.3) is 0 Å². The molecule has 1 aliphatic heterocycles. The Morgan fingerprint density at radius 2 is 1.88 bits per heavy atom. The average molecular weight is 379 g/mol. The van der Waals surface area contributed by atoms with Crippen LogP contribution in [0.1, 0.15) is 26.7 Å². The zero-order chi connectivity index (χ0) is 19.2. The summed E-state index contributed by atoms with van der Waals surface area (Å²) in [5.74, 6) is -2.35. The van der Waals surface area contributed by atoms with Gasteiger partial charge in [0.15, 0.2) is 0 Å². The molecule has 2 N–H and O–H groups in total. The van der Waals surface area contributed by atoms with E-state index in [0.29, 0.717) is 12.8 Å². The molecule has 1 saturated heterocycles. The van der Waals surface area contributed by atoms with Crippen LogP contribution in [0.2, 0.25) is 0 Å². The first-order valence-corrected chi connectivity index (χ1v) is 9.33. The number of aliphatic carboxylic acids is 1. The molecule has 11 heteroatoms. The van der Waals surface area contributed by atoms with Crippen LogP contribution in [0.5, 0.6) is 0 Å². The van der Waals surface area contributed by atoms with E-state index in [0.717, 1.165) is 4.31 Å². The van der Waals surface area contributed by atoms with E-state index in [9.17, 15) is 27.9 Å². The minimum absolute atomic E-state index is 0.00477. The lowest BCUT2D eigenvalue weighted by Gasteiger charge is -2.35. The first kappa shape index (κ1) is 21.3. The Morgan fingerprint density at radius 1 is 1.32 bits per heavy atom. The summed E-state index contributed by atoms with van der Waals surface area (Å²) in [6, 6.07) is -1.28. The molecular formula is C14H25N3O7S. The molecule has 1 fully saturated rings. The molecule has 0 aliphatic carbocycles. The Morgan fingerprint density at radius 3 is 2.32 bits per heavy atom. The summed E-state index contributed by atoms with van der Waals surface area (Å²) in [6.45, 7) is 2.61. The van der Waals surface area contributed by atoms with Gasteiger partial charge >= 0.3 is 11.9 Å². The number of rotatable bonds is 8. The zero-order valence-electron chi connectivity index (χ0n) is 14.6. The Balaban J connectivity index is 2.86. The molecule has 25 heavy (non-hydrogen) atoms. The van der Waals surface area contributed by atoms with Crippen molar-refractivity contribution in [2.75, 3.05) is 33.3 Å². The minimum atomic E-state index is -4.04. The van der Waals surface area contributed by atoms with Gasteiger partial charge in [0.2, 0.25) is 5.91 Å². The molecule has 0 radical (unpaired) electrons.